The Morgan fingerprint density at radius 3 is 2.92 bits per heavy atom. The minimum Gasteiger partial charge on any atom is -0.378 e. The van der Waals surface area contributed by atoms with Crippen molar-refractivity contribution in [2.24, 2.45) is 7.05 Å². The Balaban J connectivity index is 0.00000208. The third-order valence-electron chi connectivity index (χ3n) is 3.54. The summed E-state index contributed by atoms with van der Waals surface area (Å²) < 4.78 is 8.48. The molecule has 3 aromatic rings. The van der Waals surface area contributed by atoms with Gasteiger partial charge in [0.1, 0.15) is 0 Å². The van der Waals surface area contributed by atoms with Crippen molar-refractivity contribution in [1.29, 1.82) is 0 Å². The lowest BCUT2D eigenvalue weighted by atomic mass is 10.1. The number of aromatic amines is 1. The molecule has 24 heavy (non-hydrogen) atoms. The topological polar surface area (TPSA) is 77.7 Å². The summed E-state index contributed by atoms with van der Waals surface area (Å²) >= 11 is 2.27. The van der Waals surface area contributed by atoms with Crippen molar-refractivity contribution in [3.63, 3.8) is 0 Å². The van der Waals surface area contributed by atoms with Crippen molar-refractivity contribution >= 4 is 45.4 Å². The normalized spacial score (nSPS) is 11.3. The smallest absolute Gasteiger partial charge is 0.276 e. The van der Waals surface area contributed by atoms with E-state index in [0.717, 1.165) is 16.6 Å². The van der Waals surface area contributed by atoms with Gasteiger partial charge >= 0.3 is 0 Å². The second-order valence-corrected chi connectivity index (χ2v) is 6.97. The van der Waals surface area contributed by atoms with Gasteiger partial charge in [0.15, 0.2) is 0 Å². The van der Waals surface area contributed by atoms with Crippen LogP contribution in [0.3, 0.4) is 0 Å². The number of hydrogen-bond donors (Lipinski definition) is 1. The van der Waals surface area contributed by atoms with Crippen LogP contribution >= 0.6 is 28.4 Å². The Kier molecular flexibility index (Phi) is 5.95. The van der Waals surface area contributed by atoms with Gasteiger partial charge in [-0.15, -0.1) is 0 Å². The zero-order valence-electron chi connectivity index (χ0n) is 12.6. The number of ether oxygens (including phenoxy) is 1. The van der Waals surface area contributed by atoms with Gasteiger partial charge in [0.25, 0.3) is 5.56 Å². The molecule has 0 aromatic carbocycles. The molecule has 128 valence electrons. The molecule has 0 saturated carbocycles. The first-order valence-corrected chi connectivity index (χ1v) is 10.8. The van der Waals surface area contributed by atoms with Crippen LogP contribution in [0.5, 0.6) is 0 Å². The second-order valence-electron chi connectivity index (χ2n) is 4.93. The molecule has 7 nitrogen and oxygen atoms in total. The van der Waals surface area contributed by atoms with Gasteiger partial charge in [-0.25, -0.2) is 4.45 Å². The highest BCUT2D eigenvalue weighted by atomic mass is 127. The first kappa shape index (κ1) is 18.8. The zero-order chi connectivity index (χ0) is 16.6. The van der Waals surface area contributed by atoms with E-state index in [1.54, 1.807) is 26.4 Å². The van der Waals surface area contributed by atoms with Gasteiger partial charge < -0.3 is 4.74 Å². The molecule has 0 spiro atoms. The Labute approximate surface area is 154 Å². The molecule has 1 unspecified atom stereocenters. The molecule has 3 heterocycles. The molecule has 0 aliphatic carbocycles. The summed E-state index contributed by atoms with van der Waals surface area (Å²) in [6.45, 7) is 4.13. The van der Waals surface area contributed by atoms with E-state index in [4.69, 9.17) is 4.74 Å². The molecule has 0 saturated heterocycles. The first-order valence-electron chi connectivity index (χ1n) is 6.75. The average Bonchev–Trinajstić information content (AvgIpc) is 3.05. The Hall–Kier alpha value is -1.51. The summed E-state index contributed by atoms with van der Waals surface area (Å²) in [5.74, 6) is 0. The monoisotopic (exact) mass is 459 g/mol. The van der Waals surface area contributed by atoms with Gasteiger partial charge in [-0.1, -0.05) is 14.0 Å². The summed E-state index contributed by atoms with van der Waals surface area (Å²) in [5.41, 5.74) is 3.41. The summed E-state index contributed by atoms with van der Waals surface area (Å²) in [7, 11) is 3.26. The van der Waals surface area contributed by atoms with Crippen LogP contribution in [0, 0.1) is 0 Å². The molecule has 9 heteroatoms. The molecule has 1 atom stereocenters. The van der Waals surface area contributed by atoms with Crippen molar-refractivity contribution in [3.05, 3.63) is 40.6 Å². The van der Waals surface area contributed by atoms with Crippen molar-refractivity contribution in [2.45, 2.75) is 14.0 Å². The predicted molar refractivity (Wildman–Crippen MR) is 108 cm³/mol. The number of nitrogens with zero attached hydrogens (tertiary/aromatic N) is 4. The third kappa shape index (κ3) is 3.05. The summed E-state index contributed by atoms with van der Waals surface area (Å²) in [5, 5.41) is 8.43. The summed E-state index contributed by atoms with van der Waals surface area (Å²) in [6, 6.07) is 1.89. The highest BCUT2D eigenvalue weighted by Crippen LogP contribution is 2.32. The van der Waals surface area contributed by atoms with Gasteiger partial charge in [0, 0.05) is 19.5 Å². The van der Waals surface area contributed by atoms with Crippen molar-refractivity contribution < 1.29 is 4.74 Å². The molecule has 0 radical (unpaired) electrons. The number of fused-ring (bicyclic) bond motifs is 1. The largest absolute Gasteiger partial charge is 0.378 e. The van der Waals surface area contributed by atoms with E-state index in [1.165, 1.54) is 4.68 Å². The van der Waals surface area contributed by atoms with Crippen molar-refractivity contribution in [1.82, 2.24) is 24.3 Å². The number of halogens is 1. The second kappa shape index (κ2) is 7.58. The van der Waals surface area contributed by atoms with Crippen LogP contribution in [0.25, 0.3) is 28.2 Å². The van der Waals surface area contributed by atoms with Crippen molar-refractivity contribution in [2.75, 3.05) is 7.11 Å². The fourth-order valence-electron chi connectivity index (χ4n) is 2.51. The summed E-state index contributed by atoms with van der Waals surface area (Å²) in [6.07, 6.45) is 3.93. The van der Waals surface area contributed by atoms with Crippen LogP contribution in [0.1, 0.15) is 18.8 Å². The van der Waals surface area contributed by atoms with Gasteiger partial charge in [0.05, 0.1) is 47.3 Å². The number of rotatable bonds is 5. The Morgan fingerprint density at radius 1 is 1.54 bits per heavy atom. The minimum absolute atomic E-state index is 0. The fourth-order valence-corrected chi connectivity index (χ4v) is 4.03. The lowest BCUT2D eigenvalue weighted by molar-refractivity contribution is 0.181. The molecule has 0 aliphatic heterocycles. The highest BCUT2D eigenvalue weighted by Gasteiger charge is 2.18. The number of nitrogens with one attached hydrogen (secondary N) is 1. The number of hydrogen-bond acceptors (Lipinski definition) is 4. The van der Waals surface area contributed by atoms with Crippen LogP contribution in [-0.4, -0.2) is 31.4 Å². The number of pyridine rings is 1. The maximum atomic E-state index is 12.4. The maximum absolute atomic E-state index is 12.4. The van der Waals surface area contributed by atoms with E-state index in [2.05, 4.69) is 43.8 Å². The molecule has 1 N–H and O–H groups in total. The third-order valence-corrected chi connectivity index (χ3v) is 5.41. The number of aryl methyl sites for hydroxylation is 1. The standard InChI is InChI=1S/C14H15IN5O2P.CH4/c1-4-9-8-5-10(16-6-12(8)20(18-9)23-15)13-11(7-22-3)17-19(2)14(13)21;/h4-6,17,23H,1,7H2,2-3H3;1H4. The van der Waals surface area contributed by atoms with Crippen LogP contribution < -0.4 is 5.56 Å². The van der Waals surface area contributed by atoms with E-state index in [9.17, 15) is 4.79 Å². The number of H-pyrrole nitrogens is 1. The fraction of sp³-hybridized carbons (Fsp3) is 0.267. The van der Waals surface area contributed by atoms with Crippen LogP contribution in [0.15, 0.2) is 23.6 Å². The maximum Gasteiger partial charge on any atom is 0.276 e. The Bertz CT molecular complexity index is 943. The summed E-state index contributed by atoms with van der Waals surface area (Å²) in [4.78, 5) is 16.9. The molecular formula is C15H19IN5O2P. The lowest BCUT2D eigenvalue weighted by Gasteiger charge is -2.02. The average molecular weight is 459 g/mol. The van der Waals surface area contributed by atoms with Crippen LogP contribution in [0.2, 0.25) is 0 Å². The van der Waals surface area contributed by atoms with Crippen LogP contribution in [0.4, 0.5) is 0 Å². The molecule has 3 aromatic heterocycles. The molecule has 0 amide bonds. The molecule has 3 rings (SSSR count). The van der Waals surface area contributed by atoms with Crippen LogP contribution in [-0.2, 0) is 18.4 Å². The quantitative estimate of drug-likeness (QED) is 0.469. The lowest BCUT2D eigenvalue weighted by Crippen LogP contribution is -2.13. The van der Waals surface area contributed by atoms with Gasteiger partial charge in [-0.3, -0.25) is 19.6 Å². The first-order chi connectivity index (χ1) is 11.1. The molecule has 0 bridgehead atoms. The van der Waals surface area contributed by atoms with Gasteiger partial charge in [-0.2, -0.15) is 5.10 Å². The van der Waals surface area contributed by atoms with E-state index in [-0.39, 0.29) is 13.0 Å². The highest BCUT2D eigenvalue weighted by molar-refractivity contribution is 14.2. The number of methoxy groups -OCH3 is 1. The van der Waals surface area contributed by atoms with Gasteiger partial charge in [-0.05, 0) is 34.2 Å². The SMILES string of the molecule is C.C=Cc1nn(PI)c2cnc(-c3c(COC)[nH]n(C)c3=O)cc12. The minimum atomic E-state index is -0.132. The van der Waals surface area contributed by atoms with E-state index >= 15 is 0 Å². The van der Waals surface area contributed by atoms with E-state index < -0.39 is 0 Å². The predicted octanol–water partition coefficient (Wildman–Crippen LogP) is 3.34. The van der Waals surface area contributed by atoms with Gasteiger partial charge in [0.2, 0.25) is 0 Å². The van der Waals surface area contributed by atoms with E-state index in [0.29, 0.717) is 29.9 Å². The number of aromatic nitrogens is 5. The molecule has 0 aliphatic rings. The zero-order valence-corrected chi connectivity index (χ0v) is 15.8. The van der Waals surface area contributed by atoms with Crippen molar-refractivity contribution in [3.8, 4) is 11.3 Å². The van der Waals surface area contributed by atoms with E-state index in [1.807, 2.05) is 10.5 Å². The Morgan fingerprint density at radius 2 is 2.29 bits per heavy atom. The molecular weight excluding hydrogens is 440 g/mol. The molecule has 0 fully saturated rings.